The first kappa shape index (κ1) is 12.3. The topological polar surface area (TPSA) is 15.6 Å². The molecule has 0 aromatic rings. The summed E-state index contributed by atoms with van der Waals surface area (Å²) in [7, 11) is 3.68. The van der Waals surface area contributed by atoms with Gasteiger partial charge in [-0.3, -0.25) is 0 Å². The average molecular weight is 245 g/mol. The highest BCUT2D eigenvalue weighted by Gasteiger charge is 2.09. The number of hydrogen-bond acceptors (Lipinski definition) is 2. The van der Waals surface area contributed by atoms with Crippen LogP contribution >= 0.6 is 23.2 Å². The second-order valence-electron chi connectivity index (χ2n) is 3.65. The van der Waals surface area contributed by atoms with Crippen molar-refractivity contribution in [1.82, 2.24) is 5.01 Å². The Labute approximate surface area is 101 Å². The molecule has 0 radical (unpaired) electrons. The van der Waals surface area contributed by atoms with Gasteiger partial charge in [-0.15, -0.1) is 0 Å². The molecule has 0 saturated heterocycles. The number of hydrogen-bond donors (Lipinski definition) is 0. The van der Waals surface area contributed by atoms with Crippen LogP contribution in [0.3, 0.4) is 0 Å². The van der Waals surface area contributed by atoms with Gasteiger partial charge in [0.15, 0.2) is 0 Å². The Morgan fingerprint density at radius 2 is 2.20 bits per heavy atom. The van der Waals surface area contributed by atoms with E-state index in [1.165, 1.54) is 5.57 Å². The van der Waals surface area contributed by atoms with Crippen LogP contribution in [0, 0.1) is 0 Å². The number of halogens is 2. The molecule has 0 atom stereocenters. The van der Waals surface area contributed by atoms with Crippen LogP contribution in [0.15, 0.2) is 38.5 Å². The maximum Gasteiger partial charge on any atom is 0.0656 e. The van der Waals surface area contributed by atoms with Gasteiger partial charge in [0, 0.05) is 25.5 Å². The molecular weight excluding hydrogens is 231 g/mol. The molecule has 0 spiro atoms. The van der Waals surface area contributed by atoms with Gasteiger partial charge in [0.2, 0.25) is 0 Å². The van der Waals surface area contributed by atoms with E-state index in [2.05, 4.69) is 5.10 Å². The van der Waals surface area contributed by atoms with Gasteiger partial charge < -0.3 is 5.01 Å². The van der Waals surface area contributed by atoms with E-state index in [4.69, 9.17) is 23.2 Å². The van der Waals surface area contributed by atoms with E-state index < -0.39 is 0 Å². The van der Waals surface area contributed by atoms with E-state index in [-0.39, 0.29) is 0 Å². The van der Waals surface area contributed by atoms with Crippen molar-refractivity contribution in [1.29, 1.82) is 0 Å². The Morgan fingerprint density at radius 3 is 2.67 bits per heavy atom. The van der Waals surface area contributed by atoms with E-state index in [0.29, 0.717) is 5.03 Å². The fourth-order valence-electron chi connectivity index (χ4n) is 1.22. The summed E-state index contributed by atoms with van der Waals surface area (Å²) in [5, 5.41) is 7.12. The summed E-state index contributed by atoms with van der Waals surface area (Å²) in [6.07, 6.45) is 6.28. The van der Waals surface area contributed by atoms with E-state index in [0.717, 1.165) is 17.0 Å². The molecule has 1 aliphatic rings. The molecule has 0 saturated carbocycles. The van der Waals surface area contributed by atoms with E-state index >= 15 is 0 Å². The Bertz CT molecular complexity index is 363. The van der Waals surface area contributed by atoms with Gasteiger partial charge in [-0.05, 0) is 18.6 Å². The van der Waals surface area contributed by atoms with E-state index in [9.17, 15) is 0 Å². The van der Waals surface area contributed by atoms with Crippen molar-refractivity contribution in [3.05, 3.63) is 33.4 Å². The number of nitrogens with zero attached hydrogens (tertiary/aromatic N) is 2. The maximum atomic E-state index is 6.05. The third-order valence-corrected chi connectivity index (χ3v) is 2.41. The minimum Gasteiger partial charge on any atom is -0.303 e. The molecule has 0 bridgehead atoms. The van der Waals surface area contributed by atoms with Crippen LogP contribution in [-0.2, 0) is 0 Å². The molecule has 82 valence electrons. The minimum absolute atomic E-state index is 0.572. The summed E-state index contributed by atoms with van der Waals surface area (Å²) in [6.45, 7) is 2.05. The zero-order chi connectivity index (χ0) is 11.4. The van der Waals surface area contributed by atoms with Crippen molar-refractivity contribution in [2.75, 3.05) is 14.1 Å². The van der Waals surface area contributed by atoms with Crippen LogP contribution in [-0.4, -0.2) is 25.3 Å². The molecule has 0 aromatic heterocycles. The van der Waals surface area contributed by atoms with E-state index in [1.54, 1.807) is 11.2 Å². The lowest BCUT2D eigenvalue weighted by molar-refractivity contribution is 0.440. The summed E-state index contributed by atoms with van der Waals surface area (Å²) in [5.74, 6) is 0. The van der Waals surface area contributed by atoms with Crippen molar-refractivity contribution in [3.8, 4) is 0 Å². The molecule has 2 nitrogen and oxygen atoms in total. The standard InChI is InChI=1S/C11H14Cl2N2/c1-8-4-9(11(13)5-8)6-10(12)7-14-15(2)3/h4,6-7H,5H2,1-3H3/b10-6-,14-7-. The predicted octanol–water partition coefficient (Wildman–Crippen LogP) is 3.50. The van der Waals surface area contributed by atoms with Gasteiger partial charge in [-0.1, -0.05) is 34.9 Å². The Morgan fingerprint density at radius 1 is 1.53 bits per heavy atom. The second kappa shape index (κ2) is 5.38. The normalized spacial score (nSPS) is 17.7. The Balaban J connectivity index is 2.75. The summed E-state index contributed by atoms with van der Waals surface area (Å²) in [6, 6.07) is 0. The van der Waals surface area contributed by atoms with Crippen LogP contribution < -0.4 is 0 Å². The van der Waals surface area contributed by atoms with Crippen LogP contribution in [0.4, 0.5) is 0 Å². The monoisotopic (exact) mass is 244 g/mol. The highest BCUT2D eigenvalue weighted by molar-refractivity contribution is 6.39. The maximum absolute atomic E-state index is 6.05. The summed E-state index contributed by atoms with van der Waals surface area (Å²) >= 11 is 12.0. The second-order valence-corrected chi connectivity index (χ2v) is 4.54. The first-order chi connectivity index (χ1) is 6.99. The van der Waals surface area contributed by atoms with Gasteiger partial charge in [0.1, 0.15) is 0 Å². The summed E-state index contributed by atoms with van der Waals surface area (Å²) in [4.78, 5) is 0. The fourth-order valence-corrected chi connectivity index (χ4v) is 1.70. The highest BCUT2D eigenvalue weighted by atomic mass is 35.5. The molecule has 1 aliphatic carbocycles. The molecule has 4 heteroatoms. The zero-order valence-corrected chi connectivity index (χ0v) is 10.6. The van der Waals surface area contributed by atoms with Crippen LogP contribution in [0.25, 0.3) is 0 Å². The zero-order valence-electron chi connectivity index (χ0n) is 9.09. The summed E-state index contributed by atoms with van der Waals surface area (Å²) < 4.78 is 0. The quantitative estimate of drug-likeness (QED) is 0.548. The molecular formula is C11H14Cl2N2. The molecule has 0 N–H and O–H groups in total. The molecule has 0 aromatic carbocycles. The van der Waals surface area contributed by atoms with E-state index in [1.807, 2.05) is 33.2 Å². The SMILES string of the molecule is CC1=CC(/C=C(Cl)/C=N\N(C)C)=C(Cl)C1. The average Bonchev–Trinajstić information content (AvgIpc) is 2.42. The summed E-state index contributed by atoms with van der Waals surface area (Å²) in [5.41, 5.74) is 2.23. The third kappa shape index (κ3) is 4.10. The van der Waals surface area contributed by atoms with Crippen molar-refractivity contribution >= 4 is 29.4 Å². The molecule has 0 aliphatic heterocycles. The molecule has 1 rings (SSSR count). The van der Waals surface area contributed by atoms with Gasteiger partial charge in [0.05, 0.1) is 11.2 Å². The van der Waals surface area contributed by atoms with Gasteiger partial charge in [-0.25, -0.2) is 0 Å². The third-order valence-electron chi connectivity index (χ3n) is 1.85. The van der Waals surface area contributed by atoms with Crippen LogP contribution in [0.1, 0.15) is 13.3 Å². The number of rotatable bonds is 3. The van der Waals surface area contributed by atoms with Crippen molar-refractivity contribution < 1.29 is 0 Å². The van der Waals surface area contributed by atoms with Crippen LogP contribution in [0.2, 0.25) is 0 Å². The van der Waals surface area contributed by atoms with Gasteiger partial charge in [-0.2, -0.15) is 5.10 Å². The number of allylic oxidation sites excluding steroid dienone is 6. The first-order valence-corrected chi connectivity index (χ1v) is 5.39. The molecule has 0 amide bonds. The molecule has 15 heavy (non-hydrogen) atoms. The van der Waals surface area contributed by atoms with Crippen molar-refractivity contribution in [2.45, 2.75) is 13.3 Å². The van der Waals surface area contributed by atoms with Crippen molar-refractivity contribution in [2.24, 2.45) is 5.10 Å². The fraction of sp³-hybridized carbons (Fsp3) is 0.364. The Kier molecular flexibility index (Phi) is 4.43. The van der Waals surface area contributed by atoms with Gasteiger partial charge in [0.25, 0.3) is 0 Å². The molecule has 0 unspecified atom stereocenters. The van der Waals surface area contributed by atoms with Crippen molar-refractivity contribution in [3.63, 3.8) is 0 Å². The van der Waals surface area contributed by atoms with Crippen LogP contribution in [0.5, 0.6) is 0 Å². The molecule has 0 heterocycles. The number of hydrazone groups is 1. The lowest BCUT2D eigenvalue weighted by atomic mass is 10.2. The van der Waals surface area contributed by atoms with Gasteiger partial charge >= 0.3 is 0 Å². The minimum atomic E-state index is 0.572. The molecule has 0 fully saturated rings. The lowest BCUT2D eigenvalue weighted by Crippen LogP contribution is -2.01. The first-order valence-electron chi connectivity index (χ1n) is 4.63. The lowest BCUT2D eigenvalue weighted by Gasteiger charge is -2.01. The predicted molar refractivity (Wildman–Crippen MR) is 67.4 cm³/mol. The smallest absolute Gasteiger partial charge is 0.0656 e. The highest BCUT2D eigenvalue weighted by Crippen LogP contribution is 2.29. The Hall–Kier alpha value is -0.730. The largest absolute Gasteiger partial charge is 0.303 e.